The molecule has 2 aromatic rings. The normalized spacial score (nSPS) is 15.8. The molecule has 0 unspecified atom stereocenters. The Hall–Kier alpha value is -1.91. The molecule has 0 amide bonds. The van der Waals surface area contributed by atoms with Crippen LogP contribution in [-0.4, -0.2) is 49.2 Å². The number of pyridine rings is 1. The fraction of sp³-hybridized carbons (Fsp3) is 0.421. The highest BCUT2D eigenvalue weighted by Crippen LogP contribution is 2.16. The van der Waals surface area contributed by atoms with Crippen LogP contribution < -0.4 is 10.2 Å². The Morgan fingerprint density at radius 1 is 1.00 bits per heavy atom. The molecule has 0 radical (unpaired) electrons. The molecule has 4 nitrogen and oxygen atoms in total. The summed E-state index contributed by atoms with van der Waals surface area (Å²) in [6.07, 6.45) is 1.85. The number of anilines is 1. The zero-order valence-electron chi connectivity index (χ0n) is 13.9. The minimum Gasteiger partial charge on any atom is -0.369 e. The molecule has 1 fully saturated rings. The van der Waals surface area contributed by atoms with Crippen molar-refractivity contribution in [3.05, 3.63) is 59.9 Å². The van der Waals surface area contributed by atoms with E-state index in [0.717, 1.165) is 51.5 Å². The molecule has 23 heavy (non-hydrogen) atoms. The second-order valence-electron chi connectivity index (χ2n) is 6.16. The standard InChI is InChI=1S/C19H26N4/c1-17-5-7-19(8-6-17)23-14-12-22(13-15-23)11-10-20-16-18-4-2-3-9-21-18/h2-9,20H,10-16H2,1H3. The molecular weight excluding hydrogens is 284 g/mol. The summed E-state index contributed by atoms with van der Waals surface area (Å²) in [5, 5.41) is 3.48. The number of nitrogens with one attached hydrogen (secondary N) is 1. The summed E-state index contributed by atoms with van der Waals surface area (Å²) < 4.78 is 0. The van der Waals surface area contributed by atoms with Gasteiger partial charge in [0.25, 0.3) is 0 Å². The highest BCUT2D eigenvalue weighted by molar-refractivity contribution is 5.47. The van der Waals surface area contributed by atoms with Gasteiger partial charge < -0.3 is 10.2 Å². The van der Waals surface area contributed by atoms with Crippen LogP contribution in [0.25, 0.3) is 0 Å². The molecule has 1 aliphatic heterocycles. The Bertz CT molecular complexity index is 574. The van der Waals surface area contributed by atoms with Crippen LogP contribution in [0.3, 0.4) is 0 Å². The number of hydrogen-bond donors (Lipinski definition) is 1. The van der Waals surface area contributed by atoms with Gasteiger partial charge in [-0.05, 0) is 31.2 Å². The number of aryl methyl sites for hydroxylation is 1. The van der Waals surface area contributed by atoms with Crippen molar-refractivity contribution in [3.8, 4) is 0 Å². The second kappa shape index (κ2) is 8.09. The number of piperazine rings is 1. The van der Waals surface area contributed by atoms with Crippen LogP contribution in [0.1, 0.15) is 11.3 Å². The smallest absolute Gasteiger partial charge is 0.0541 e. The zero-order chi connectivity index (χ0) is 15.9. The van der Waals surface area contributed by atoms with Gasteiger partial charge in [-0.2, -0.15) is 0 Å². The minimum atomic E-state index is 0.851. The maximum absolute atomic E-state index is 4.33. The first kappa shape index (κ1) is 16.0. The van der Waals surface area contributed by atoms with Gasteiger partial charge in [-0.3, -0.25) is 9.88 Å². The third-order valence-electron chi connectivity index (χ3n) is 4.41. The lowest BCUT2D eigenvalue weighted by molar-refractivity contribution is 0.257. The molecule has 1 aromatic heterocycles. The molecule has 0 spiro atoms. The average Bonchev–Trinajstić information content (AvgIpc) is 2.61. The number of nitrogens with zero attached hydrogens (tertiary/aromatic N) is 3. The highest BCUT2D eigenvalue weighted by atomic mass is 15.3. The highest BCUT2D eigenvalue weighted by Gasteiger charge is 2.16. The molecular formula is C19H26N4. The molecule has 2 heterocycles. The number of benzene rings is 1. The molecule has 122 valence electrons. The third-order valence-corrected chi connectivity index (χ3v) is 4.41. The number of rotatable bonds is 6. The van der Waals surface area contributed by atoms with E-state index in [1.807, 2.05) is 18.3 Å². The molecule has 0 atom stereocenters. The summed E-state index contributed by atoms with van der Waals surface area (Å²) in [5.41, 5.74) is 3.78. The molecule has 1 aliphatic rings. The van der Waals surface area contributed by atoms with Crippen molar-refractivity contribution in [2.75, 3.05) is 44.2 Å². The van der Waals surface area contributed by atoms with E-state index in [4.69, 9.17) is 0 Å². The van der Waals surface area contributed by atoms with Crippen molar-refractivity contribution in [2.24, 2.45) is 0 Å². The molecule has 1 aromatic carbocycles. The van der Waals surface area contributed by atoms with Gasteiger partial charge in [-0.15, -0.1) is 0 Å². The topological polar surface area (TPSA) is 31.4 Å². The van der Waals surface area contributed by atoms with Gasteiger partial charge in [0.2, 0.25) is 0 Å². The van der Waals surface area contributed by atoms with Crippen molar-refractivity contribution in [1.82, 2.24) is 15.2 Å². The summed E-state index contributed by atoms with van der Waals surface area (Å²) in [6.45, 7) is 9.62. The van der Waals surface area contributed by atoms with Crippen LogP contribution in [-0.2, 0) is 6.54 Å². The third kappa shape index (κ3) is 4.78. The first-order valence-corrected chi connectivity index (χ1v) is 8.46. The lowest BCUT2D eigenvalue weighted by Crippen LogP contribution is -2.48. The Labute approximate surface area is 139 Å². The fourth-order valence-corrected chi connectivity index (χ4v) is 2.94. The molecule has 0 bridgehead atoms. The van der Waals surface area contributed by atoms with E-state index in [2.05, 4.69) is 57.4 Å². The summed E-state index contributed by atoms with van der Waals surface area (Å²) in [6, 6.07) is 14.9. The van der Waals surface area contributed by atoms with Crippen LogP contribution >= 0.6 is 0 Å². The van der Waals surface area contributed by atoms with Gasteiger partial charge in [0.15, 0.2) is 0 Å². The summed E-state index contributed by atoms with van der Waals surface area (Å²) in [5.74, 6) is 0. The summed E-state index contributed by atoms with van der Waals surface area (Å²) in [7, 11) is 0. The first-order valence-electron chi connectivity index (χ1n) is 8.46. The van der Waals surface area contributed by atoms with Crippen LogP contribution in [0.15, 0.2) is 48.7 Å². The van der Waals surface area contributed by atoms with E-state index < -0.39 is 0 Å². The summed E-state index contributed by atoms with van der Waals surface area (Å²) in [4.78, 5) is 9.35. The quantitative estimate of drug-likeness (QED) is 0.830. The zero-order valence-corrected chi connectivity index (χ0v) is 13.9. The predicted octanol–water partition coefficient (Wildman–Crippen LogP) is 2.30. The van der Waals surface area contributed by atoms with Crippen LogP contribution in [0.4, 0.5) is 5.69 Å². The van der Waals surface area contributed by atoms with Crippen molar-refractivity contribution >= 4 is 5.69 Å². The number of aromatic nitrogens is 1. The largest absolute Gasteiger partial charge is 0.369 e. The van der Waals surface area contributed by atoms with Crippen LogP contribution in [0.2, 0.25) is 0 Å². The molecule has 4 heteroatoms. The Morgan fingerprint density at radius 3 is 2.48 bits per heavy atom. The Balaban J connectivity index is 1.35. The molecule has 1 N–H and O–H groups in total. The fourth-order valence-electron chi connectivity index (χ4n) is 2.94. The minimum absolute atomic E-state index is 0.851. The van der Waals surface area contributed by atoms with Gasteiger partial charge in [0.05, 0.1) is 5.69 Å². The van der Waals surface area contributed by atoms with Crippen LogP contribution in [0, 0.1) is 6.92 Å². The molecule has 1 saturated heterocycles. The van der Waals surface area contributed by atoms with Crippen molar-refractivity contribution in [3.63, 3.8) is 0 Å². The van der Waals surface area contributed by atoms with E-state index >= 15 is 0 Å². The van der Waals surface area contributed by atoms with Crippen molar-refractivity contribution < 1.29 is 0 Å². The van der Waals surface area contributed by atoms with E-state index in [-0.39, 0.29) is 0 Å². The average molecular weight is 310 g/mol. The van der Waals surface area contributed by atoms with Gasteiger partial charge in [0.1, 0.15) is 0 Å². The Kier molecular flexibility index (Phi) is 5.61. The summed E-state index contributed by atoms with van der Waals surface area (Å²) >= 11 is 0. The van der Waals surface area contributed by atoms with E-state index in [1.165, 1.54) is 11.3 Å². The SMILES string of the molecule is Cc1ccc(N2CCN(CCNCc3ccccn3)CC2)cc1. The van der Waals surface area contributed by atoms with Crippen molar-refractivity contribution in [1.29, 1.82) is 0 Å². The van der Waals surface area contributed by atoms with Gasteiger partial charge in [-0.1, -0.05) is 23.8 Å². The lowest BCUT2D eigenvalue weighted by atomic mass is 10.2. The molecule has 3 rings (SSSR count). The lowest BCUT2D eigenvalue weighted by Gasteiger charge is -2.36. The van der Waals surface area contributed by atoms with Gasteiger partial charge >= 0.3 is 0 Å². The maximum Gasteiger partial charge on any atom is 0.0541 e. The number of hydrogen-bond acceptors (Lipinski definition) is 4. The maximum atomic E-state index is 4.33. The van der Waals surface area contributed by atoms with E-state index in [0.29, 0.717) is 0 Å². The van der Waals surface area contributed by atoms with Gasteiger partial charge in [0, 0.05) is 57.7 Å². The van der Waals surface area contributed by atoms with E-state index in [9.17, 15) is 0 Å². The molecule has 0 aliphatic carbocycles. The van der Waals surface area contributed by atoms with Crippen molar-refractivity contribution in [2.45, 2.75) is 13.5 Å². The van der Waals surface area contributed by atoms with Crippen LogP contribution in [0.5, 0.6) is 0 Å². The molecule has 0 saturated carbocycles. The Morgan fingerprint density at radius 2 is 1.78 bits per heavy atom. The van der Waals surface area contributed by atoms with Gasteiger partial charge in [-0.25, -0.2) is 0 Å². The van der Waals surface area contributed by atoms with E-state index in [1.54, 1.807) is 0 Å². The first-order chi connectivity index (χ1) is 11.3. The second-order valence-corrected chi connectivity index (χ2v) is 6.16. The monoisotopic (exact) mass is 310 g/mol. The predicted molar refractivity (Wildman–Crippen MR) is 95.8 cm³/mol.